The van der Waals surface area contributed by atoms with E-state index in [4.69, 9.17) is 9.15 Å². The van der Waals surface area contributed by atoms with Crippen LogP contribution in [0.5, 0.6) is 0 Å². The monoisotopic (exact) mass is 321 g/mol. The Bertz CT molecular complexity index is 437. The van der Waals surface area contributed by atoms with Crippen molar-refractivity contribution in [2.45, 2.75) is 52.1 Å². The molecule has 0 radical (unpaired) electrons. The third-order valence-electron chi connectivity index (χ3n) is 3.89. The molecule has 0 amide bonds. The van der Waals surface area contributed by atoms with Crippen LogP contribution in [-0.4, -0.2) is 38.3 Å². The Balaban J connectivity index is 1.70. The molecule has 2 N–H and O–H groups in total. The summed E-state index contributed by atoms with van der Waals surface area (Å²) in [5.41, 5.74) is 0. The Morgan fingerprint density at radius 3 is 2.87 bits per heavy atom. The Kier molecular flexibility index (Phi) is 8.01. The predicted octanol–water partition coefficient (Wildman–Crippen LogP) is 2.97. The highest BCUT2D eigenvalue weighted by atomic mass is 16.5. The largest absolute Gasteiger partial charge is 0.469 e. The van der Waals surface area contributed by atoms with E-state index in [9.17, 15) is 0 Å². The molecule has 0 aromatic carbocycles. The minimum atomic E-state index is 0.408. The molecule has 1 aliphatic heterocycles. The molecule has 0 bridgehead atoms. The maximum atomic E-state index is 5.78. The normalized spacial score (nSPS) is 19.1. The van der Waals surface area contributed by atoms with Gasteiger partial charge < -0.3 is 19.8 Å². The quantitative estimate of drug-likeness (QED) is 0.571. The van der Waals surface area contributed by atoms with Gasteiger partial charge in [-0.2, -0.15) is 0 Å². The minimum absolute atomic E-state index is 0.408. The van der Waals surface area contributed by atoms with Gasteiger partial charge in [-0.15, -0.1) is 0 Å². The van der Waals surface area contributed by atoms with Crippen molar-refractivity contribution in [1.29, 1.82) is 0 Å². The first kappa shape index (κ1) is 17.9. The fourth-order valence-corrected chi connectivity index (χ4v) is 2.59. The predicted molar refractivity (Wildman–Crippen MR) is 93.8 cm³/mol. The van der Waals surface area contributed by atoms with Crippen LogP contribution in [0, 0.1) is 5.92 Å². The lowest BCUT2D eigenvalue weighted by atomic mass is 10.1. The highest BCUT2D eigenvalue weighted by Crippen LogP contribution is 2.14. The molecule has 0 aliphatic carbocycles. The Hall–Kier alpha value is -1.49. The van der Waals surface area contributed by atoms with Crippen LogP contribution in [-0.2, 0) is 11.2 Å². The number of rotatable bonds is 8. The zero-order valence-electron chi connectivity index (χ0n) is 14.5. The van der Waals surface area contributed by atoms with E-state index in [0.717, 1.165) is 50.8 Å². The summed E-state index contributed by atoms with van der Waals surface area (Å²) in [6.07, 6.45) is 7.71. The van der Waals surface area contributed by atoms with Crippen LogP contribution in [0.15, 0.2) is 27.8 Å². The van der Waals surface area contributed by atoms with Crippen molar-refractivity contribution < 1.29 is 9.15 Å². The van der Waals surface area contributed by atoms with Crippen LogP contribution in [0.1, 0.15) is 45.3 Å². The van der Waals surface area contributed by atoms with Gasteiger partial charge in [0.15, 0.2) is 5.96 Å². The summed E-state index contributed by atoms with van der Waals surface area (Å²) >= 11 is 0. The third-order valence-corrected chi connectivity index (χ3v) is 3.89. The van der Waals surface area contributed by atoms with Gasteiger partial charge in [0.05, 0.1) is 12.4 Å². The molecular weight excluding hydrogens is 290 g/mol. The van der Waals surface area contributed by atoms with Gasteiger partial charge in [-0.05, 0) is 43.7 Å². The van der Waals surface area contributed by atoms with Crippen LogP contribution in [0.3, 0.4) is 0 Å². The molecule has 1 aromatic heterocycles. The first-order valence-electron chi connectivity index (χ1n) is 8.90. The van der Waals surface area contributed by atoms with Crippen LogP contribution in [0.4, 0.5) is 0 Å². The second-order valence-corrected chi connectivity index (χ2v) is 6.54. The topological polar surface area (TPSA) is 58.8 Å². The number of ether oxygens (including phenoxy) is 1. The van der Waals surface area contributed by atoms with Gasteiger partial charge in [0.25, 0.3) is 0 Å². The summed E-state index contributed by atoms with van der Waals surface area (Å²) in [5, 5.41) is 6.82. The van der Waals surface area contributed by atoms with Crippen molar-refractivity contribution in [3.05, 3.63) is 24.2 Å². The molecule has 5 heteroatoms. The Labute approximate surface area is 139 Å². The van der Waals surface area contributed by atoms with Crippen molar-refractivity contribution >= 4 is 5.96 Å². The van der Waals surface area contributed by atoms with Gasteiger partial charge in [0, 0.05) is 32.7 Å². The first-order valence-corrected chi connectivity index (χ1v) is 8.90. The van der Waals surface area contributed by atoms with Gasteiger partial charge in [-0.3, -0.25) is 4.99 Å². The molecule has 1 saturated heterocycles. The van der Waals surface area contributed by atoms with Crippen LogP contribution >= 0.6 is 0 Å². The summed E-state index contributed by atoms with van der Waals surface area (Å²) in [6, 6.07) is 3.92. The van der Waals surface area contributed by atoms with E-state index < -0.39 is 0 Å². The van der Waals surface area contributed by atoms with Crippen LogP contribution < -0.4 is 10.6 Å². The number of aliphatic imine (C=N–C) groups is 1. The maximum absolute atomic E-state index is 5.78. The molecule has 1 unspecified atom stereocenters. The van der Waals surface area contributed by atoms with Crippen molar-refractivity contribution in [3.8, 4) is 0 Å². The summed E-state index contributed by atoms with van der Waals surface area (Å²) in [4.78, 5) is 4.65. The van der Waals surface area contributed by atoms with E-state index in [-0.39, 0.29) is 0 Å². The molecule has 1 atom stereocenters. The molecule has 2 heterocycles. The molecule has 2 rings (SSSR count). The lowest BCUT2D eigenvalue weighted by molar-refractivity contribution is 0.0122. The second-order valence-electron chi connectivity index (χ2n) is 6.54. The Morgan fingerprint density at radius 1 is 1.30 bits per heavy atom. The zero-order valence-corrected chi connectivity index (χ0v) is 14.5. The van der Waals surface area contributed by atoms with E-state index in [2.05, 4.69) is 29.5 Å². The van der Waals surface area contributed by atoms with Crippen molar-refractivity contribution in [1.82, 2.24) is 10.6 Å². The van der Waals surface area contributed by atoms with E-state index in [1.54, 1.807) is 6.26 Å². The lowest BCUT2D eigenvalue weighted by Crippen LogP contribution is -2.40. The van der Waals surface area contributed by atoms with E-state index in [0.29, 0.717) is 12.0 Å². The van der Waals surface area contributed by atoms with Crippen molar-refractivity contribution in [2.75, 3.05) is 26.2 Å². The summed E-state index contributed by atoms with van der Waals surface area (Å²) in [7, 11) is 0. The van der Waals surface area contributed by atoms with Gasteiger partial charge in [0.1, 0.15) is 5.76 Å². The number of hydrogen-bond acceptors (Lipinski definition) is 3. The van der Waals surface area contributed by atoms with Crippen LogP contribution in [0.2, 0.25) is 0 Å². The molecule has 1 aromatic rings. The standard InChI is InChI=1S/C18H31N3O2/c1-15(2)14-21-18(20-11-9-17-7-5-13-23-17)19-10-8-16-6-3-4-12-22-16/h5,7,13,15-16H,3-4,6,8-12,14H2,1-2H3,(H2,19,20,21). The SMILES string of the molecule is CC(C)CN=C(NCCc1ccco1)NCCC1CCCCO1. The molecular formula is C18H31N3O2. The van der Waals surface area contributed by atoms with Gasteiger partial charge in [-0.25, -0.2) is 0 Å². The first-order chi connectivity index (χ1) is 11.2. The van der Waals surface area contributed by atoms with Crippen molar-refractivity contribution in [2.24, 2.45) is 10.9 Å². The van der Waals surface area contributed by atoms with Gasteiger partial charge in [0.2, 0.25) is 0 Å². The number of nitrogens with one attached hydrogen (secondary N) is 2. The fourth-order valence-electron chi connectivity index (χ4n) is 2.59. The lowest BCUT2D eigenvalue weighted by Gasteiger charge is -2.23. The van der Waals surface area contributed by atoms with Gasteiger partial charge in [-0.1, -0.05) is 13.8 Å². The molecule has 23 heavy (non-hydrogen) atoms. The highest BCUT2D eigenvalue weighted by molar-refractivity contribution is 5.79. The molecule has 130 valence electrons. The smallest absolute Gasteiger partial charge is 0.191 e. The minimum Gasteiger partial charge on any atom is -0.469 e. The molecule has 1 aliphatic rings. The molecule has 5 nitrogen and oxygen atoms in total. The number of furan rings is 1. The second kappa shape index (κ2) is 10.3. The summed E-state index contributed by atoms with van der Waals surface area (Å²) in [5.74, 6) is 2.44. The average molecular weight is 321 g/mol. The van der Waals surface area contributed by atoms with E-state index in [1.807, 2.05) is 12.1 Å². The fraction of sp³-hybridized carbons (Fsp3) is 0.722. The van der Waals surface area contributed by atoms with Crippen molar-refractivity contribution in [3.63, 3.8) is 0 Å². The van der Waals surface area contributed by atoms with Gasteiger partial charge >= 0.3 is 0 Å². The summed E-state index contributed by atoms with van der Waals surface area (Å²) < 4.78 is 11.1. The maximum Gasteiger partial charge on any atom is 0.191 e. The average Bonchev–Trinajstić information content (AvgIpc) is 3.06. The summed E-state index contributed by atoms with van der Waals surface area (Å²) in [6.45, 7) is 7.82. The molecule has 0 saturated carbocycles. The van der Waals surface area contributed by atoms with E-state index in [1.165, 1.54) is 19.3 Å². The zero-order chi connectivity index (χ0) is 16.3. The number of nitrogens with zero attached hydrogens (tertiary/aromatic N) is 1. The van der Waals surface area contributed by atoms with E-state index >= 15 is 0 Å². The number of hydrogen-bond donors (Lipinski definition) is 2. The Morgan fingerprint density at radius 2 is 2.17 bits per heavy atom. The van der Waals surface area contributed by atoms with Crippen LogP contribution in [0.25, 0.3) is 0 Å². The molecule has 1 fully saturated rings. The number of guanidine groups is 1. The highest BCUT2D eigenvalue weighted by Gasteiger charge is 2.13. The molecule has 0 spiro atoms. The third kappa shape index (κ3) is 7.55.